The maximum atomic E-state index is 13.1. The molecule has 0 aliphatic carbocycles. The number of aliphatic imine (C=N–C) groups is 1. The Labute approximate surface area is 148 Å². The molecule has 2 rings (SSSR count). The molecule has 140 valence electrons. The summed E-state index contributed by atoms with van der Waals surface area (Å²) in [5.74, 6) is -3.78. The highest BCUT2D eigenvalue weighted by atomic mass is 19.4. The smallest absolute Gasteiger partial charge is 0.433 e. The van der Waals surface area contributed by atoms with E-state index in [1.807, 2.05) is 13.8 Å². The number of carboxylic acid groups (broad SMARTS) is 1. The van der Waals surface area contributed by atoms with E-state index in [1.165, 1.54) is 6.92 Å². The van der Waals surface area contributed by atoms with E-state index in [0.717, 1.165) is 18.5 Å². The van der Waals surface area contributed by atoms with Crippen molar-refractivity contribution in [1.82, 2.24) is 4.98 Å². The quantitative estimate of drug-likeness (QED) is 0.794. The van der Waals surface area contributed by atoms with Gasteiger partial charge in [0.1, 0.15) is 5.69 Å². The lowest BCUT2D eigenvalue weighted by Crippen LogP contribution is -2.29. The van der Waals surface area contributed by atoms with Crippen LogP contribution in [0.4, 0.5) is 13.2 Å². The summed E-state index contributed by atoms with van der Waals surface area (Å²) in [5, 5.41) is 9.19. The zero-order valence-electron chi connectivity index (χ0n) is 14.6. The molecule has 0 aromatic carbocycles. The fourth-order valence-corrected chi connectivity index (χ4v) is 3.05. The minimum atomic E-state index is -4.68. The zero-order chi connectivity index (χ0) is 19.6. The normalized spacial score (nSPS) is 18.0. The van der Waals surface area contributed by atoms with Gasteiger partial charge in [-0.15, -0.1) is 0 Å². The van der Waals surface area contributed by atoms with Crippen molar-refractivity contribution in [2.45, 2.75) is 45.7 Å². The van der Waals surface area contributed by atoms with Crippen molar-refractivity contribution in [2.24, 2.45) is 10.9 Å². The predicted octanol–water partition coefficient (Wildman–Crippen LogP) is 4.09. The second kappa shape index (κ2) is 7.39. The standard InChI is InChI=1S/C18H19F3N2O3/c1-4-10(5-2)12-7-23-14(18(19,20)21)6-11(12)15-9(3)22-8-13(16(15)24)17(25)26/h6-8,10,13H,4-5H2,1-3H3,(H,25,26). The van der Waals surface area contributed by atoms with Crippen molar-refractivity contribution in [3.05, 3.63) is 34.8 Å². The summed E-state index contributed by atoms with van der Waals surface area (Å²) in [7, 11) is 0. The Bertz CT molecular complexity index is 793. The number of hydrogen-bond donors (Lipinski definition) is 1. The number of carboxylic acids is 1. The van der Waals surface area contributed by atoms with E-state index in [4.69, 9.17) is 0 Å². The summed E-state index contributed by atoms with van der Waals surface area (Å²) >= 11 is 0. The monoisotopic (exact) mass is 368 g/mol. The molecular formula is C18H19F3N2O3. The van der Waals surface area contributed by atoms with Crippen LogP contribution < -0.4 is 0 Å². The van der Waals surface area contributed by atoms with E-state index in [9.17, 15) is 27.9 Å². The fraction of sp³-hybridized carbons (Fsp3) is 0.444. The number of ketones is 1. The first-order valence-electron chi connectivity index (χ1n) is 8.21. The maximum absolute atomic E-state index is 13.1. The Morgan fingerprint density at radius 2 is 1.92 bits per heavy atom. The predicted molar refractivity (Wildman–Crippen MR) is 89.8 cm³/mol. The van der Waals surface area contributed by atoms with E-state index in [2.05, 4.69) is 9.98 Å². The number of hydrogen-bond acceptors (Lipinski definition) is 4. The van der Waals surface area contributed by atoms with E-state index in [0.29, 0.717) is 18.4 Å². The summed E-state index contributed by atoms with van der Waals surface area (Å²) in [6.45, 7) is 5.25. The van der Waals surface area contributed by atoms with E-state index < -0.39 is 29.5 Å². The molecule has 5 nitrogen and oxygen atoms in total. The third kappa shape index (κ3) is 3.68. The van der Waals surface area contributed by atoms with Gasteiger partial charge in [0.2, 0.25) is 0 Å². The number of allylic oxidation sites excluding steroid dienone is 2. The van der Waals surface area contributed by atoms with Gasteiger partial charge in [-0.1, -0.05) is 13.8 Å². The third-order valence-electron chi connectivity index (χ3n) is 4.49. The lowest BCUT2D eigenvalue weighted by molar-refractivity contribution is -0.142. The molecule has 0 bridgehead atoms. The maximum Gasteiger partial charge on any atom is 0.433 e. The topological polar surface area (TPSA) is 79.6 Å². The van der Waals surface area contributed by atoms with Gasteiger partial charge in [0.15, 0.2) is 11.7 Å². The number of nitrogens with zero attached hydrogens (tertiary/aromatic N) is 2. The average Bonchev–Trinajstić information content (AvgIpc) is 2.55. The number of carbonyl (C=O) groups is 2. The molecule has 1 aromatic rings. The van der Waals surface area contributed by atoms with Crippen LogP contribution in [0.2, 0.25) is 0 Å². The highest BCUT2D eigenvalue weighted by Crippen LogP contribution is 2.38. The van der Waals surface area contributed by atoms with Crippen molar-refractivity contribution in [2.75, 3.05) is 0 Å². The number of pyridine rings is 1. The number of rotatable bonds is 5. The molecule has 1 aliphatic rings. The Balaban J connectivity index is 2.74. The number of Topliss-reactive ketones (excluding diaryl/α,β-unsaturated/α-hetero) is 1. The Kier molecular flexibility index (Phi) is 5.63. The molecule has 1 N–H and O–H groups in total. The number of halogens is 3. The second-order valence-corrected chi connectivity index (χ2v) is 6.09. The summed E-state index contributed by atoms with van der Waals surface area (Å²) < 4.78 is 39.4. The molecule has 0 saturated carbocycles. The molecule has 1 aliphatic heterocycles. The zero-order valence-corrected chi connectivity index (χ0v) is 14.6. The lowest BCUT2D eigenvalue weighted by Gasteiger charge is -2.23. The van der Waals surface area contributed by atoms with E-state index >= 15 is 0 Å². The van der Waals surface area contributed by atoms with Crippen LogP contribution in [-0.4, -0.2) is 28.1 Å². The van der Waals surface area contributed by atoms with Crippen molar-refractivity contribution in [3.63, 3.8) is 0 Å². The molecule has 0 fully saturated rings. The van der Waals surface area contributed by atoms with Crippen molar-refractivity contribution >= 4 is 23.5 Å². The van der Waals surface area contributed by atoms with Crippen molar-refractivity contribution in [1.29, 1.82) is 0 Å². The van der Waals surface area contributed by atoms with Crippen molar-refractivity contribution in [3.8, 4) is 0 Å². The largest absolute Gasteiger partial charge is 0.480 e. The lowest BCUT2D eigenvalue weighted by atomic mass is 9.83. The molecule has 8 heteroatoms. The van der Waals surface area contributed by atoms with Gasteiger partial charge < -0.3 is 5.11 Å². The molecular weight excluding hydrogens is 349 g/mol. The van der Waals surface area contributed by atoms with E-state index in [1.54, 1.807) is 0 Å². The summed E-state index contributed by atoms with van der Waals surface area (Å²) in [4.78, 5) is 31.4. The van der Waals surface area contributed by atoms with Crippen LogP contribution >= 0.6 is 0 Å². The fourth-order valence-electron chi connectivity index (χ4n) is 3.05. The molecule has 1 unspecified atom stereocenters. The molecule has 2 heterocycles. The molecule has 1 atom stereocenters. The van der Waals surface area contributed by atoms with Gasteiger partial charge in [0.25, 0.3) is 0 Å². The van der Waals surface area contributed by atoms with Gasteiger partial charge in [-0.2, -0.15) is 13.2 Å². The molecule has 0 spiro atoms. The second-order valence-electron chi connectivity index (χ2n) is 6.09. The minimum Gasteiger partial charge on any atom is -0.480 e. The highest BCUT2D eigenvalue weighted by molar-refractivity contribution is 6.33. The Morgan fingerprint density at radius 3 is 2.42 bits per heavy atom. The summed E-state index contributed by atoms with van der Waals surface area (Å²) in [6, 6.07) is 0.824. The van der Waals surface area contributed by atoms with Gasteiger partial charge in [-0.25, -0.2) is 0 Å². The first kappa shape index (κ1) is 19.8. The average molecular weight is 368 g/mol. The van der Waals surface area contributed by atoms with Crippen LogP contribution in [-0.2, 0) is 15.8 Å². The molecule has 0 saturated heterocycles. The third-order valence-corrected chi connectivity index (χ3v) is 4.49. The van der Waals surface area contributed by atoms with Gasteiger partial charge in [-0.3, -0.25) is 19.6 Å². The summed E-state index contributed by atoms with van der Waals surface area (Å²) in [6.07, 6.45) is -1.25. The Morgan fingerprint density at radius 1 is 1.31 bits per heavy atom. The van der Waals surface area contributed by atoms with Gasteiger partial charge in [-0.05, 0) is 42.9 Å². The van der Waals surface area contributed by atoms with Gasteiger partial charge in [0.05, 0.1) is 0 Å². The molecule has 26 heavy (non-hydrogen) atoms. The van der Waals surface area contributed by atoms with Crippen LogP contribution in [0.3, 0.4) is 0 Å². The molecule has 0 radical (unpaired) electrons. The van der Waals surface area contributed by atoms with Crippen LogP contribution in [0.5, 0.6) is 0 Å². The number of carbonyl (C=O) groups excluding carboxylic acids is 1. The summed E-state index contributed by atoms with van der Waals surface area (Å²) in [5.41, 5.74) is -0.468. The molecule has 0 amide bonds. The van der Waals surface area contributed by atoms with Gasteiger partial charge >= 0.3 is 12.1 Å². The van der Waals surface area contributed by atoms with E-state index in [-0.39, 0.29) is 22.8 Å². The van der Waals surface area contributed by atoms with Gasteiger partial charge in [0, 0.05) is 23.7 Å². The highest BCUT2D eigenvalue weighted by Gasteiger charge is 2.37. The van der Waals surface area contributed by atoms with Crippen molar-refractivity contribution < 1.29 is 27.9 Å². The van der Waals surface area contributed by atoms with Crippen LogP contribution in [0, 0.1) is 5.92 Å². The first-order valence-corrected chi connectivity index (χ1v) is 8.21. The number of alkyl halides is 3. The van der Waals surface area contributed by atoms with Crippen LogP contribution in [0.15, 0.2) is 23.0 Å². The van der Waals surface area contributed by atoms with Crippen LogP contribution in [0.25, 0.3) is 5.57 Å². The van der Waals surface area contributed by atoms with Crippen LogP contribution in [0.1, 0.15) is 56.4 Å². The SMILES string of the molecule is CCC(CC)c1cnc(C(F)(F)F)cc1C1=C(C)N=CC(C(=O)O)C1=O. The molecule has 1 aromatic heterocycles. The first-order chi connectivity index (χ1) is 12.1. The minimum absolute atomic E-state index is 0.0617. The number of aliphatic carboxylic acids is 1. The number of aromatic nitrogens is 1. The Hall–Kier alpha value is -2.51.